The second kappa shape index (κ2) is 6.08. The summed E-state index contributed by atoms with van der Waals surface area (Å²) in [5.74, 6) is 1.55. The fourth-order valence-electron chi connectivity index (χ4n) is 3.19. The van der Waals surface area contributed by atoms with E-state index in [0.29, 0.717) is 18.0 Å². The Bertz CT molecular complexity index is 510. The van der Waals surface area contributed by atoms with Crippen LogP contribution in [-0.2, 0) is 0 Å². The lowest BCUT2D eigenvalue weighted by atomic mass is 9.80. The number of benzene rings is 1. The first-order valence-electron chi connectivity index (χ1n) is 8.29. The second-order valence-corrected chi connectivity index (χ2v) is 6.97. The first kappa shape index (κ1) is 14.4. The van der Waals surface area contributed by atoms with Crippen LogP contribution in [0.1, 0.15) is 56.3 Å². The molecule has 0 spiro atoms. The fraction of sp³-hybridized carbons (Fsp3) is 0.611. The van der Waals surface area contributed by atoms with Crippen molar-refractivity contribution in [2.24, 2.45) is 11.8 Å². The Morgan fingerprint density at radius 3 is 2.71 bits per heavy atom. The smallest absolute Gasteiger partial charge is 0.251 e. The molecule has 3 rings (SSSR count). The van der Waals surface area contributed by atoms with Crippen LogP contribution in [0.2, 0.25) is 0 Å². The van der Waals surface area contributed by atoms with Gasteiger partial charge in [0, 0.05) is 23.3 Å². The van der Waals surface area contributed by atoms with Crippen molar-refractivity contribution in [1.82, 2.24) is 5.32 Å². The van der Waals surface area contributed by atoms with Crippen LogP contribution in [-0.4, -0.2) is 18.0 Å². The minimum absolute atomic E-state index is 0.0613. The van der Waals surface area contributed by atoms with Crippen LogP contribution in [0.15, 0.2) is 24.3 Å². The third-order valence-electron chi connectivity index (χ3n) is 4.85. The molecule has 3 atom stereocenters. The van der Waals surface area contributed by atoms with E-state index in [1.54, 1.807) is 0 Å². The molecule has 3 nitrogen and oxygen atoms in total. The monoisotopic (exact) mass is 286 g/mol. The van der Waals surface area contributed by atoms with E-state index in [0.717, 1.165) is 30.0 Å². The van der Waals surface area contributed by atoms with Crippen LogP contribution in [0.25, 0.3) is 0 Å². The Balaban J connectivity index is 1.65. The second-order valence-electron chi connectivity index (χ2n) is 6.97. The van der Waals surface area contributed by atoms with Gasteiger partial charge in [-0.15, -0.1) is 0 Å². The molecule has 1 aromatic rings. The predicted octanol–water partition coefficient (Wildman–Crippen LogP) is 3.82. The zero-order valence-electron chi connectivity index (χ0n) is 13.1. The molecule has 1 aromatic carbocycles. The van der Waals surface area contributed by atoms with Gasteiger partial charge in [-0.25, -0.2) is 0 Å². The number of carbonyl (C=O) groups is 1. The van der Waals surface area contributed by atoms with Gasteiger partial charge in [-0.2, -0.15) is 0 Å². The van der Waals surface area contributed by atoms with E-state index < -0.39 is 0 Å². The van der Waals surface area contributed by atoms with Gasteiger partial charge in [-0.1, -0.05) is 26.3 Å². The Hall–Kier alpha value is -1.51. The molecule has 3 heteroatoms. The molecule has 0 bridgehead atoms. The van der Waals surface area contributed by atoms with E-state index in [4.69, 9.17) is 0 Å². The Kier molecular flexibility index (Phi) is 4.18. The van der Waals surface area contributed by atoms with E-state index in [1.807, 2.05) is 18.2 Å². The molecule has 2 fully saturated rings. The van der Waals surface area contributed by atoms with Gasteiger partial charge in [0.15, 0.2) is 0 Å². The molecular weight excluding hydrogens is 260 g/mol. The van der Waals surface area contributed by atoms with E-state index in [9.17, 15) is 4.79 Å². The van der Waals surface area contributed by atoms with Crippen LogP contribution in [0.5, 0.6) is 0 Å². The average Bonchev–Trinajstić information content (AvgIpc) is 3.27. The van der Waals surface area contributed by atoms with Crippen LogP contribution < -0.4 is 10.6 Å². The Morgan fingerprint density at radius 1 is 1.14 bits per heavy atom. The van der Waals surface area contributed by atoms with Crippen molar-refractivity contribution in [3.8, 4) is 0 Å². The highest BCUT2D eigenvalue weighted by Crippen LogP contribution is 2.30. The van der Waals surface area contributed by atoms with Crippen molar-refractivity contribution in [3.05, 3.63) is 29.8 Å². The molecule has 2 aliphatic carbocycles. The molecule has 21 heavy (non-hydrogen) atoms. The summed E-state index contributed by atoms with van der Waals surface area (Å²) in [5.41, 5.74) is 1.84. The van der Waals surface area contributed by atoms with E-state index in [1.165, 1.54) is 19.3 Å². The summed E-state index contributed by atoms with van der Waals surface area (Å²) in [7, 11) is 0. The zero-order valence-corrected chi connectivity index (χ0v) is 13.1. The maximum Gasteiger partial charge on any atom is 0.251 e. The molecular formula is C18H26N2O. The number of hydrogen-bond acceptors (Lipinski definition) is 2. The molecule has 3 unspecified atom stereocenters. The van der Waals surface area contributed by atoms with Crippen LogP contribution in [0.3, 0.4) is 0 Å². The maximum absolute atomic E-state index is 12.1. The van der Waals surface area contributed by atoms with Crippen molar-refractivity contribution in [2.45, 2.75) is 58.0 Å². The zero-order chi connectivity index (χ0) is 14.8. The SMILES string of the molecule is CC1CCC(C)C(Nc2cccc(C(=O)NC3CC3)c2)C1. The fourth-order valence-corrected chi connectivity index (χ4v) is 3.19. The number of carbonyl (C=O) groups excluding carboxylic acids is 1. The molecule has 2 saturated carbocycles. The number of nitrogens with one attached hydrogen (secondary N) is 2. The Morgan fingerprint density at radius 2 is 1.95 bits per heavy atom. The summed E-state index contributed by atoms with van der Waals surface area (Å²) in [6.45, 7) is 4.66. The third-order valence-corrected chi connectivity index (χ3v) is 4.85. The highest BCUT2D eigenvalue weighted by atomic mass is 16.1. The molecule has 0 radical (unpaired) electrons. The summed E-state index contributed by atoms with van der Waals surface area (Å²) in [6.07, 6.45) is 6.10. The third kappa shape index (κ3) is 3.78. The van der Waals surface area contributed by atoms with Crippen molar-refractivity contribution in [2.75, 3.05) is 5.32 Å². The van der Waals surface area contributed by atoms with Crippen molar-refractivity contribution in [3.63, 3.8) is 0 Å². The first-order chi connectivity index (χ1) is 10.1. The molecule has 2 aliphatic rings. The van der Waals surface area contributed by atoms with Crippen LogP contribution in [0.4, 0.5) is 5.69 Å². The first-order valence-corrected chi connectivity index (χ1v) is 8.29. The van der Waals surface area contributed by atoms with Gasteiger partial charge in [-0.05, 0) is 55.7 Å². The average molecular weight is 286 g/mol. The number of amides is 1. The largest absolute Gasteiger partial charge is 0.382 e. The van der Waals surface area contributed by atoms with Gasteiger partial charge in [0.05, 0.1) is 0 Å². The summed E-state index contributed by atoms with van der Waals surface area (Å²) in [6, 6.07) is 8.87. The molecule has 2 N–H and O–H groups in total. The quantitative estimate of drug-likeness (QED) is 0.883. The van der Waals surface area contributed by atoms with Crippen LogP contribution in [0, 0.1) is 11.8 Å². The van der Waals surface area contributed by atoms with E-state index >= 15 is 0 Å². The summed E-state index contributed by atoms with van der Waals surface area (Å²) >= 11 is 0. The lowest BCUT2D eigenvalue weighted by Gasteiger charge is -2.34. The lowest BCUT2D eigenvalue weighted by molar-refractivity contribution is 0.0951. The van der Waals surface area contributed by atoms with Gasteiger partial charge in [0.1, 0.15) is 0 Å². The minimum Gasteiger partial charge on any atom is -0.382 e. The topological polar surface area (TPSA) is 41.1 Å². The highest BCUT2D eigenvalue weighted by Gasteiger charge is 2.26. The molecule has 114 valence electrons. The Labute approximate surface area is 127 Å². The number of hydrogen-bond donors (Lipinski definition) is 2. The minimum atomic E-state index is 0.0613. The summed E-state index contributed by atoms with van der Waals surface area (Å²) < 4.78 is 0. The molecule has 0 aromatic heterocycles. The number of rotatable bonds is 4. The van der Waals surface area contributed by atoms with Gasteiger partial charge in [-0.3, -0.25) is 4.79 Å². The maximum atomic E-state index is 12.1. The molecule has 0 heterocycles. The standard InChI is InChI=1S/C18H26N2O/c1-12-6-7-13(2)17(10-12)19-16-5-3-4-14(11-16)18(21)20-15-8-9-15/h3-5,11-13,15,17,19H,6-10H2,1-2H3,(H,20,21). The van der Waals surface area contributed by atoms with Crippen molar-refractivity contribution < 1.29 is 4.79 Å². The van der Waals surface area contributed by atoms with Crippen molar-refractivity contribution >= 4 is 11.6 Å². The molecule has 0 aliphatic heterocycles. The van der Waals surface area contributed by atoms with Gasteiger partial charge < -0.3 is 10.6 Å². The summed E-state index contributed by atoms with van der Waals surface area (Å²) in [5, 5.41) is 6.70. The highest BCUT2D eigenvalue weighted by molar-refractivity contribution is 5.95. The summed E-state index contributed by atoms with van der Waals surface area (Å²) in [4.78, 5) is 12.1. The molecule has 1 amide bonds. The van der Waals surface area contributed by atoms with Gasteiger partial charge >= 0.3 is 0 Å². The van der Waals surface area contributed by atoms with Gasteiger partial charge in [0.2, 0.25) is 0 Å². The van der Waals surface area contributed by atoms with Gasteiger partial charge in [0.25, 0.3) is 5.91 Å². The molecule has 0 saturated heterocycles. The van der Waals surface area contributed by atoms with E-state index in [2.05, 4.69) is 30.5 Å². The van der Waals surface area contributed by atoms with Crippen molar-refractivity contribution in [1.29, 1.82) is 0 Å². The number of anilines is 1. The van der Waals surface area contributed by atoms with E-state index in [-0.39, 0.29) is 5.91 Å². The normalized spacial score (nSPS) is 29.0. The predicted molar refractivity (Wildman–Crippen MR) is 86.5 cm³/mol. The van der Waals surface area contributed by atoms with Crippen LogP contribution >= 0.6 is 0 Å². The lowest BCUT2D eigenvalue weighted by Crippen LogP contribution is -2.33.